The Morgan fingerprint density at radius 1 is 1.18 bits per heavy atom. The van der Waals surface area contributed by atoms with E-state index >= 15 is 0 Å². The summed E-state index contributed by atoms with van der Waals surface area (Å²) in [5.74, 6) is -0.722. The molecule has 28 heavy (non-hydrogen) atoms. The number of benzene rings is 2. The predicted molar refractivity (Wildman–Crippen MR) is 100 cm³/mol. The lowest BCUT2D eigenvalue weighted by Crippen LogP contribution is -2.52. The third kappa shape index (κ3) is 3.10. The van der Waals surface area contributed by atoms with Gasteiger partial charge in [-0.3, -0.25) is 4.79 Å². The Hall–Kier alpha value is -2.96. The molecule has 0 saturated carbocycles. The highest BCUT2D eigenvalue weighted by Crippen LogP contribution is 2.49. The highest BCUT2D eigenvalue weighted by molar-refractivity contribution is 5.82. The molecule has 4 rings (SSSR count). The molecule has 0 aliphatic carbocycles. The summed E-state index contributed by atoms with van der Waals surface area (Å²) in [6.07, 6.45) is -2.13. The molecular formula is C21H19F3N2O2. The fraction of sp³-hybridized carbons (Fsp3) is 0.286. The normalized spacial score (nSPS) is 20.8. The van der Waals surface area contributed by atoms with Gasteiger partial charge >= 0.3 is 12.1 Å². The average molecular weight is 388 g/mol. The van der Waals surface area contributed by atoms with Crippen LogP contribution in [0.5, 0.6) is 11.5 Å². The Balaban J connectivity index is 1.85. The molecule has 2 aromatic carbocycles. The topological polar surface area (TPSA) is 41.6 Å². The summed E-state index contributed by atoms with van der Waals surface area (Å²) in [7, 11) is 0. The summed E-state index contributed by atoms with van der Waals surface area (Å²) >= 11 is 0. The maximum atomic E-state index is 12.9. The standard InChI is InChI=1S/C21H19F3N2O2/c1-2-13-7-5-11-17-18(13)26-12-6-9-15(25-20(27)21(22,23)24)19(26)14-8-3-4-10-16(14)28-17/h2-5,7-8,10-11,15,19H,1,6,9,12H2,(H,25,27)/t15-,19-/m0/s1. The van der Waals surface area contributed by atoms with Crippen molar-refractivity contribution in [3.63, 3.8) is 0 Å². The number of halogens is 3. The fourth-order valence-electron chi connectivity index (χ4n) is 4.06. The monoisotopic (exact) mass is 388 g/mol. The van der Waals surface area contributed by atoms with Crippen LogP contribution in [0.3, 0.4) is 0 Å². The van der Waals surface area contributed by atoms with Gasteiger partial charge in [0.1, 0.15) is 5.75 Å². The number of nitrogens with one attached hydrogen (secondary N) is 1. The molecule has 0 spiro atoms. The Morgan fingerprint density at radius 3 is 2.68 bits per heavy atom. The first-order valence-corrected chi connectivity index (χ1v) is 9.06. The Morgan fingerprint density at radius 2 is 1.93 bits per heavy atom. The first-order chi connectivity index (χ1) is 13.4. The van der Waals surface area contributed by atoms with Gasteiger partial charge in [0.05, 0.1) is 17.8 Å². The molecule has 2 aliphatic rings. The van der Waals surface area contributed by atoms with Crippen LogP contribution in [0, 0.1) is 0 Å². The second-order valence-corrected chi connectivity index (χ2v) is 6.90. The van der Waals surface area contributed by atoms with Gasteiger partial charge < -0.3 is 15.0 Å². The lowest BCUT2D eigenvalue weighted by atomic mass is 9.89. The number of para-hydroxylation sites is 2. The first-order valence-electron chi connectivity index (χ1n) is 9.06. The van der Waals surface area contributed by atoms with Gasteiger partial charge in [-0.2, -0.15) is 13.2 Å². The van der Waals surface area contributed by atoms with Crippen LogP contribution in [-0.4, -0.2) is 24.7 Å². The first kappa shape index (κ1) is 18.4. The number of hydrogen-bond acceptors (Lipinski definition) is 3. The van der Waals surface area contributed by atoms with Crippen molar-refractivity contribution in [3.8, 4) is 11.5 Å². The molecule has 0 unspecified atom stereocenters. The van der Waals surface area contributed by atoms with Crippen LogP contribution in [0.4, 0.5) is 18.9 Å². The zero-order chi connectivity index (χ0) is 19.9. The minimum atomic E-state index is -4.92. The van der Waals surface area contributed by atoms with E-state index in [9.17, 15) is 18.0 Å². The molecule has 7 heteroatoms. The van der Waals surface area contributed by atoms with E-state index in [1.54, 1.807) is 12.1 Å². The van der Waals surface area contributed by atoms with Gasteiger partial charge in [-0.25, -0.2) is 0 Å². The van der Waals surface area contributed by atoms with Crippen LogP contribution >= 0.6 is 0 Å². The van der Waals surface area contributed by atoms with Crippen molar-refractivity contribution in [1.29, 1.82) is 0 Å². The van der Waals surface area contributed by atoms with E-state index in [1.165, 1.54) is 0 Å². The molecule has 1 fully saturated rings. The van der Waals surface area contributed by atoms with E-state index in [4.69, 9.17) is 4.74 Å². The highest BCUT2D eigenvalue weighted by Gasteiger charge is 2.44. The maximum Gasteiger partial charge on any atom is 0.471 e. The highest BCUT2D eigenvalue weighted by atomic mass is 19.4. The molecule has 1 saturated heterocycles. The summed E-state index contributed by atoms with van der Waals surface area (Å²) < 4.78 is 44.8. The van der Waals surface area contributed by atoms with E-state index < -0.39 is 24.2 Å². The fourth-order valence-corrected chi connectivity index (χ4v) is 4.06. The Kier molecular flexibility index (Phi) is 4.53. The number of nitrogens with zero attached hydrogens (tertiary/aromatic N) is 1. The second kappa shape index (κ2) is 6.89. The zero-order valence-electron chi connectivity index (χ0n) is 15.0. The van der Waals surface area contributed by atoms with E-state index in [1.807, 2.05) is 41.3 Å². The summed E-state index contributed by atoms with van der Waals surface area (Å²) in [6.45, 7) is 4.49. The number of ether oxygens (including phenoxy) is 1. The summed E-state index contributed by atoms with van der Waals surface area (Å²) in [5.41, 5.74) is 2.36. The average Bonchev–Trinajstić information content (AvgIpc) is 2.82. The molecular weight excluding hydrogens is 369 g/mol. The third-order valence-electron chi connectivity index (χ3n) is 5.20. The minimum absolute atomic E-state index is 0.447. The van der Waals surface area contributed by atoms with Gasteiger partial charge in [-0.05, 0) is 25.0 Å². The number of alkyl halides is 3. The van der Waals surface area contributed by atoms with Crippen molar-refractivity contribution in [3.05, 3.63) is 60.2 Å². The van der Waals surface area contributed by atoms with Crippen LogP contribution in [0.15, 0.2) is 49.0 Å². The minimum Gasteiger partial charge on any atom is -0.455 e. The predicted octanol–water partition coefficient (Wildman–Crippen LogP) is 4.82. The zero-order valence-corrected chi connectivity index (χ0v) is 15.0. The molecule has 2 atom stereocenters. The van der Waals surface area contributed by atoms with Gasteiger partial charge in [-0.1, -0.05) is 43.0 Å². The molecule has 2 heterocycles. The number of anilines is 1. The van der Waals surface area contributed by atoms with Crippen molar-refractivity contribution in [2.24, 2.45) is 0 Å². The van der Waals surface area contributed by atoms with Crippen LogP contribution in [0.25, 0.3) is 6.08 Å². The van der Waals surface area contributed by atoms with E-state index in [-0.39, 0.29) is 0 Å². The summed E-state index contributed by atoms with van der Waals surface area (Å²) in [6, 6.07) is 11.7. The number of piperidine rings is 1. The molecule has 2 aliphatic heterocycles. The van der Waals surface area contributed by atoms with Gasteiger partial charge in [0.2, 0.25) is 0 Å². The van der Waals surface area contributed by atoms with Gasteiger partial charge in [0.15, 0.2) is 5.75 Å². The molecule has 0 aromatic heterocycles. The molecule has 1 amide bonds. The van der Waals surface area contributed by atoms with Gasteiger partial charge in [-0.15, -0.1) is 0 Å². The van der Waals surface area contributed by atoms with E-state index in [0.29, 0.717) is 30.9 Å². The van der Waals surface area contributed by atoms with Crippen LogP contribution < -0.4 is 15.0 Å². The van der Waals surface area contributed by atoms with Crippen molar-refractivity contribution < 1.29 is 22.7 Å². The van der Waals surface area contributed by atoms with Crippen LogP contribution in [0.1, 0.15) is 30.0 Å². The summed E-state index contributed by atoms with van der Waals surface area (Å²) in [4.78, 5) is 13.7. The molecule has 0 radical (unpaired) electrons. The molecule has 0 bridgehead atoms. The number of hydrogen-bond donors (Lipinski definition) is 1. The SMILES string of the molecule is C=Cc1cccc2c1N1CCC[C@H](NC(=O)C(F)(F)F)[C@@H]1c1ccccc1O2. The van der Waals surface area contributed by atoms with Gasteiger partial charge in [0.25, 0.3) is 0 Å². The number of fused-ring (bicyclic) bond motifs is 5. The molecule has 2 aromatic rings. The maximum absolute atomic E-state index is 12.9. The number of carbonyl (C=O) groups is 1. The molecule has 146 valence electrons. The van der Waals surface area contributed by atoms with Crippen LogP contribution in [0.2, 0.25) is 0 Å². The molecule has 1 N–H and O–H groups in total. The number of carbonyl (C=O) groups excluding carboxylic acids is 1. The number of amides is 1. The van der Waals surface area contributed by atoms with Crippen molar-refractivity contribution in [1.82, 2.24) is 5.32 Å². The largest absolute Gasteiger partial charge is 0.471 e. The van der Waals surface area contributed by atoms with Crippen molar-refractivity contribution >= 4 is 17.7 Å². The lowest BCUT2D eigenvalue weighted by Gasteiger charge is -2.43. The lowest BCUT2D eigenvalue weighted by molar-refractivity contribution is -0.174. The second-order valence-electron chi connectivity index (χ2n) is 6.90. The Bertz CT molecular complexity index is 926. The Labute approximate surface area is 160 Å². The third-order valence-corrected chi connectivity index (χ3v) is 5.20. The molecule has 4 nitrogen and oxygen atoms in total. The van der Waals surface area contributed by atoms with Gasteiger partial charge in [0, 0.05) is 17.7 Å². The quantitative estimate of drug-likeness (QED) is 0.802. The smallest absolute Gasteiger partial charge is 0.455 e. The van der Waals surface area contributed by atoms with Crippen molar-refractivity contribution in [2.45, 2.75) is 31.1 Å². The summed E-state index contributed by atoms with van der Waals surface area (Å²) in [5, 5.41) is 2.21. The van der Waals surface area contributed by atoms with E-state index in [2.05, 4.69) is 11.9 Å². The van der Waals surface area contributed by atoms with E-state index in [0.717, 1.165) is 16.8 Å². The van der Waals surface area contributed by atoms with Crippen molar-refractivity contribution in [2.75, 3.05) is 11.4 Å². The number of rotatable bonds is 2. The van der Waals surface area contributed by atoms with Crippen LogP contribution in [-0.2, 0) is 4.79 Å².